The summed E-state index contributed by atoms with van der Waals surface area (Å²) >= 11 is 9.21. The van der Waals surface area contributed by atoms with Gasteiger partial charge in [-0.1, -0.05) is 23.7 Å². The van der Waals surface area contributed by atoms with Crippen LogP contribution >= 0.6 is 27.5 Å². The van der Waals surface area contributed by atoms with Crippen LogP contribution in [-0.2, 0) is 0 Å². The zero-order chi connectivity index (χ0) is 14.0. The van der Waals surface area contributed by atoms with E-state index in [1.54, 1.807) is 24.3 Å². The Morgan fingerprint density at radius 2 is 2.05 bits per heavy atom. The van der Waals surface area contributed by atoms with E-state index in [0.29, 0.717) is 22.0 Å². The van der Waals surface area contributed by atoms with Crippen molar-refractivity contribution in [2.75, 3.05) is 11.1 Å². The Morgan fingerprint density at radius 1 is 1.32 bits per heavy atom. The third-order valence-electron chi connectivity index (χ3n) is 2.71. The molecule has 19 heavy (non-hydrogen) atoms. The zero-order valence-electron chi connectivity index (χ0n) is 10.2. The molecule has 0 saturated carbocycles. The summed E-state index contributed by atoms with van der Waals surface area (Å²) < 4.78 is 0.723. The van der Waals surface area contributed by atoms with Crippen LogP contribution in [0.4, 0.5) is 11.4 Å². The van der Waals surface area contributed by atoms with Crippen LogP contribution in [0, 0.1) is 6.92 Å². The fourth-order valence-electron chi connectivity index (χ4n) is 1.78. The van der Waals surface area contributed by atoms with E-state index in [2.05, 4.69) is 21.2 Å². The van der Waals surface area contributed by atoms with E-state index < -0.39 is 0 Å². The molecule has 0 heterocycles. The van der Waals surface area contributed by atoms with E-state index in [4.69, 9.17) is 17.3 Å². The van der Waals surface area contributed by atoms with Crippen molar-refractivity contribution >= 4 is 44.8 Å². The molecule has 5 heteroatoms. The average molecular weight is 340 g/mol. The second-order valence-corrected chi connectivity index (χ2v) is 5.41. The summed E-state index contributed by atoms with van der Waals surface area (Å²) in [5.41, 5.74) is 8.28. The molecule has 0 aliphatic carbocycles. The highest BCUT2D eigenvalue weighted by molar-refractivity contribution is 9.10. The molecule has 0 aliphatic rings. The maximum Gasteiger partial charge on any atom is 0.258 e. The van der Waals surface area contributed by atoms with Gasteiger partial charge in [0.15, 0.2) is 0 Å². The van der Waals surface area contributed by atoms with Crippen molar-refractivity contribution in [1.29, 1.82) is 0 Å². The Labute approximate surface area is 124 Å². The summed E-state index contributed by atoms with van der Waals surface area (Å²) in [6.07, 6.45) is 0. The molecule has 98 valence electrons. The second kappa shape index (κ2) is 5.63. The maximum atomic E-state index is 12.2. The molecule has 2 rings (SSSR count). The molecule has 0 radical (unpaired) electrons. The first-order valence-electron chi connectivity index (χ1n) is 5.60. The minimum atomic E-state index is -0.237. The smallest absolute Gasteiger partial charge is 0.258 e. The van der Waals surface area contributed by atoms with Crippen molar-refractivity contribution in [2.45, 2.75) is 6.92 Å². The number of carbonyl (C=O) groups is 1. The van der Waals surface area contributed by atoms with Gasteiger partial charge in [-0.2, -0.15) is 0 Å². The molecule has 0 spiro atoms. The van der Waals surface area contributed by atoms with Crippen LogP contribution in [-0.4, -0.2) is 5.91 Å². The quantitative estimate of drug-likeness (QED) is 0.804. The summed E-state index contributed by atoms with van der Waals surface area (Å²) in [6, 6.07) is 10.5. The number of nitrogen functional groups attached to an aromatic ring is 1. The Hall–Kier alpha value is -1.52. The molecule has 2 aromatic carbocycles. The number of carbonyl (C=O) groups excluding carboxylic acids is 1. The van der Waals surface area contributed by atoms with E-state index in [0.717, 1.165) is 10.0 Å². The lowest BCUT2D eigenvalue weighted by molar-refractivity contribution is 0.102. The predicted octanol–water partition coefficient (Wildman–Crippen LogP) is 4.25. The van der Waals surface area contributed by atoms with Crippen molar-refractivity contribution in [2.24, 2.45) is 0 Å². The summed E-state index contributed by atoms with van der Waals surface area (Å²) in [5.74, 6) is -0.237. The maximum absolute atomic E-state index is 12.2. The molecule has 3 nitrogen and oxygen atoms in total. The lowest BCUT2D eigenvalue weighted by Gasteiger charge is -2.11. The van der Waals surface area contributed by atoms with Crippen molar-refractivity contribution in [1.82, 2.24) is 0 Å². The molecule has 0 atom stereocenters. The molecule has 0 bridgehead atoms. The first kappa shape index (κ1) is 13.9. The van der Waals surface area contributed by atoms with Crippen LogP contribution in [0.1, 0.15) is 15.9 Å². The van der Waals surface area contributed by atoms with Crippen LogP contribution in [0.3, 0.4) is 0 Å². The van der Waals surface area contributed by atoms with Crippen LogP contribution in [0.15, 0.2) is 40.9 Å². The fraction of sp³-hybridized carbons (Fsp3) is 0.0714. The normalized spacial score (nSPS) is 10.3. The largest absolute Gasteiger partial charge is 0.398 e. The predicted molar refractivity (Wildman–Crippen MR) is 82.7 cm³/mol. The highest BCUT2D eigenvalue weighted by atomic mass is 79.9. The van der Waals surface area contributed by atoms with Gasteiger partial charge in [-0.15, -0.1) is 0 Å². The van der Waals surface area contributed by atoms with E-state index >= 15 is 0 Å². The summed E-state index contributed by atoms with van der Waals surface area (Å²) in [4.78, 5) is 12.2. The van der Waals surface area contributed by atoms with Crippen molar-refractivity contribution in [3.8, 4) is 0 Å². The molecular weight excluding hydrogens is 328 g/mol. The minimum Gasteiger partial charge on any atom is -0.398 e. The van der Waals surface area contributed by atoms with Gasteiger partial charge in [-0.3, -0.25) is 4.79 Å². The summed E-state index contributed by atoms with van der Waals surface area (Å²) in [6.45, 7) is 1.85. The van der Waals surface area contributed by atoms with Gasteiger partial charge in [-0.25, -0.2) is 0 Å². The highest BCUT2D eigenvalue weighted by Crippen LogP contribution is 2.27. The number of nitrogens with two attached hydrogens (primary N) is 1. The molecule has 0 aromatic heterocycles. The Kier molecular flexibility index (Phi) is 4.12. The number of benzene rings is 2. The summed E-state index contributed by atoms with van der Waals surface area (Å²) in [5, 5.41) is 3.41. The Morgan fingerprint density at radius 3 is 2.68 bits per heavy atom. The van der Waals surface area contributed by atoms with Crippen molar-refractivity contribution < 1.29 is 4.79 Å². The third kappa shape index (κ3) is 3.08. The first-order chi connectivity index (χ1) is 8.99. The first-order valence-corrected chi connectivity index (χ1v) is 6.77. The lowest BCUT2D eigenvalue weighted by Crippen LogP contribution is -2.15. The third-order valence-corrected chi connectivity index (χ3v) is 3.60. The van der Waals surface area contributed by atoms with Gasteiger partial charge in [0.25, 0.3) is 5.91 Å². The Balaban J connectivity index is 2.31. The number of hydrogen-bond acceptors (Lipinski definition) is 2. The van der Waals surface area contributed by atoms with Gasteiger partial charge in [0.05, 0.1) is 11.3 Å². The van der Waals surface area contributed by atoms with Gasteiger partial charge >= 0.3 is 0 Å². The van der Waals surface area contributed by atoms with Gasteiger partial charge in [0, 0.05) is 15.2 Å². The second-order valence-electron chi connectivity index (χ2n) is 4.12. The standard InChI is InChI=1S/C14H12BrClN2O/c1-8-3-2-4-11(17)13(8)14(19)18-12-6-5-9(16)7-10(12)15/h2-7H,17H2,1H3,(H,18,19). The molecule has 0 fully saturated rings. The van der Waals surface area contributed by atoms with E-state index in [-0.39, 0.29) is 5.91 Å². The van der Waals surface area contributed by atoms with Crippen LogP contribution < -0.4 is 11.1 Å². The monoisotopic (exact) mass is 338 g/mol. The number of amides is 1. The summed E-state index contributed by atoms with van der Waals surface area (Å²) in [7, 11) is 0. The number of anilines is 2. The van der Waals surface area contributed by atoms with E-state index in [9.17, 15) is 4.79 Å². The van der Waals surface area contributed by atoms with Crippen LogP contribution in [0.25, 0.3) is 0 Å². The molecule has 0 saturated heterocycles. The van der Waals surface area contributed by atoms with Crippen molar-refractivity contribution in [3.63, 3.8) is 0 Å². The topological polar surface area (TPSA) is 55.1 Å². The highest BCUT2D eigenvalue weighted by Gasteiger charge is 2.13. The fourth-order valence-corrected chi connectivity index (χ4v) is 2.56. The van der Waals surface area contributed by atoms with Gasteiger partial charge < -0.3 is 11.1 Å². The number of nitrogens with one attached hydrogen (secondary N) is 1. The SMILES string of the molecule is Cc1cccc(N)c1C(=O)Nc1ccc(Cl)cc1Br. The molecule has 3 N–H and O–H groups in total. The number of hydrogen-bond donors (Lipinski definition) is 2. The molecule has 2 aromatic rings. The van der Waals surface area contributed by atoms with Crippen molar-refractivity contribution in [3.05, 3.63) is 57.0 Å². The van der Waals surface area contributed by atoms with Gasteiger partial charge in [0.2, 0.25) is 0 Å². The zero-order valence-corrected chi connectivity index (χ0v) is 12.5. The number of halogens is 2. The minimum absolute atomic E-state index is 0.237. The molecule has 0 aliphatic heterocycles. The molecule has 1 amide bonds. The number of rotatable bonds is 2. The van der Waals surface area contributed by atoms with Gasteiger partial charge in [0.1, 0.15) is 0 Å². The average Bonchev–Trinajstić information content (AvgIpc) is 2.32. The molecule has 0 unspecified atom stereocenters. The molecular formula is C14H12BrClN2O. The van der Waals surface area contributed by atoms with E-state index in [1.807, 2.05) is 19.1 Å². The van der Waals surface area contributed by atoms with E-state index in [1.165, 1.54) is 0 Å². The van der Waals surface area contributed by atoms with Gasteiger partial charge in [-0.05, 0) is 52.7 Å². The number of aryl methyl sites for hydroxylation is 1. The van der Waals surface area contributed by atoms with Crippen LogP contribution in [0.5, 0.6) is 0 Å². The van der Waals surface area contributed by atoms with Crippen LogP contribution in [0.2, 0.25) is 5.02 Å². The Bertz CT molecular complexity index is 623. The lowest BCUT2D eigenvalue weighted by atomic mass is 10.1.